The number of carbonyl (C=O) groups excluding carboxylic acids is 1. The molecule has 0 aliphatic heterocycles. The highest BCUT2D eigenvalue weighted by Gasteiger charge is 2.20. The molecule has 0 bridgehead atoms. The predicted molar refractivity (Wildman–Crippen MR) is 70.5 cm³/mol. The van der Waals surface area contributed by atoms with Gasteiger partial charge in [0.05, 0.1) is 29.6 Å². The highest BCUT2D eigenvalue weighted by atomic mass is 16.3. The molecule has 18 heavy (non-hydrogen) atoms. The van der Waals surface area contributed by atoms with E-state index in [4.69, 9.17) is 5.11 Å². The summed E-state index contributed by atoms with van der Waals surface area (Å²) in [5.41, 5.74) is -0.151. The molecule has 0 aliphatic carbocycles. The van der Waals surface area contributed by atoms with Gasteiger partial charge in [-0.2, -0.15) is 5.10 Å². The minimum Gasteiger partial charge on any atom is -0.394 e. The fourth-order valence-electron chi connectivity index (χ4n) is 1.26. The van der Waals surface area contributed by atoms with E-state index in [1.54, 1.807) is 30.9 Å². The van der Waals surface area contributed by atoms with Crippen molar-refractivity contribution in [1.82, 2.24) is 15.1 Å². The molecule has 102 valence electrons. The number of aromatic nitrogens is 2. The Kier molecular flexibility index (Phi) is 4.01. The summed E-state index contributed by atoms with van der Waals surface area (Å²) < 4.78 is 1.78. The Balaban J connectivity index is 2.64. The van der Waals surface area contributed by atoms with Crippen LogP contribution in [0.1, 0.15) is 34.6 Å². The highest BCUT2D eigenvalue weighted by Crippen LogP contribution is 2.15. The molecule has 3 N–H and O–H groups in total. The molecular weight excluding hydrogens is 232 g/mol. The molecule has 0 radical (unpaired) electrons. The van der Waals surface area contributed by atoms with Gasteiger partial charge in [-0.25, -0.2) is 4.79 Å². The third kappa shape index (κ3) is 4.03. The maximum absolute atomic E-state index is 11.7. The lowest BCUT2D eigenvalue weighted by Crippen LogP contribution is -2.48. The number of urea groups is 1. The molecule has 1 rings (SSSR count). The molecular formula is C12H22N4O2. The molecule has 0 saturated carbocycles. The van der Waals surface area contributed by atoms with E-state index in [9.17, 15) is 4.79 Å². The second-order valence-corrected chi connectivity index (χ2v) is 5.97. The van der Waals surface area contributed by atoms with Gasteiger partial charge in [0, 0.05) is 6.20 Å². The summed E-state index contributed by atoms with van der Waals surface area (Å²) in [5, 5.41) is 18.6. The van der Waals surface area contributed by atoms with Crippen LogP contribution in [0.25, 0.3) is 0 Å². The molecule has 0 aliphatic rings. The number of rotatable bonds is 3. The first-order valence-corrected chi connectivity index (χ1v) is 5.89. The minimum atomic E-state index is -0.649. The molecule has 2 amide bonds. The van der Waals surface area contributed by atoms with Crippen molar-refractivity contribution >= 4 is 11.7 Å². The zero-order valence-electron chi connectivity index (χ0n) is 11.6. The average molecular weight is 254 g/mol. The Morgan fingerprint density at radius 1 is 1.39 bits per heavy atom. The smallest absolute Gasteiger partial charge is 0.319 e. The average Bonchev–Trinajstić information content (AvgIpc) is 2.64. The van der Waals surface area contributed by atoms with E-state index in [0.717, 1.165) is 0 Å². The van der Waals surface area contributed by atoms with Gasteiger partial charge in [-0.3, -0.25) is 4.68 Å². The van der Waals surface area contributed by atoms with Crippen LogP contribution < -0.4 is 10.6 Å². The first kappa shape index (κ1) is 14.5. The quantitative estimate of drug-likeness (QED) is 0.765. The molecule has 0 spiro atoms. The number of aliphatic hydroxyl groups is 1. The van der Waals surface area contributed by atoms with Gasteiger partial charge in [0.15, 0.2) is 0 Å². The Morgan fingerprint density at radius 3 is 2.44 bits per heavy atom. The van der Waals surface area contributed by atoms with Crippen LogP contribution >= 0.6 is 0 Å². The predicted octanol–water partition coefficient (Wildman–Crippen LogP) is 1.53. The fourth-order valence-corrected chi connectivity index (χ4v) is 1.26. The monoisotopic (exact) mass is 254 g/mol. The van der Waals surface area contributed by atoms with Crippen molar-refractivity contribution in [3.63, 3.8) is 0 Å². The molecule has 6 nitrogen and oxygen atoms in total. The van der Waals surface area contributed by atoms with E-state index in [1.165, 1.54) is 0 Å². The topological polar surface area (TPSA) is 79.2 Å². The Hall–Kier alpha value is -1.56. The number of amides is 2. The Labute approximate surface area is 107 Å². The summed E-state index contributed by atoms with van der Waals surface area (Å²) >= 11 is 0. The van der Waals surface area contributed by atoms with Gasteiger partial charge in [0.1, 0.15) is 0 Å². The summed E-state index contributed by atoms with van der Waals surface area (Å²) in [4.78, 5) is 11.7. The largest absolute Gasteiger partial charge is 0.394 e. The number of anilines is 1. The number of carbonyl (C=O) groups is 1. The summed E-state index contributed by atoms with van der Waals surface area (Å²) in [6, 6.07) is -0.359. The van der Waals surface area contributed by atoms with Crippen LogP contribution in [0.2, 0.25) is 0 Å². The van der Waals surface area contributed by atoms with E-state index < -0.39 is 5.54 Å². The Morgan fingerprint density at radius 2 is 2.00 bits per heavy atom. The zero-order chi connectivity index (χ0) is 14.0. The normalized spacial score (nSPS) is 12.3. The van der Waals surface area contributed by atoms with Crippen LogP contribution in [0.4, 0.5) is 10.5 Å². The Bertz CT molecular complexity index is 418. The first-order valence-electron chi connectivity index (χ1n) is 5.89. The molecule has 0 unspecified atom stereocenters. The SMILES string of the molecule is CC(C)(CO)NC(=O)Nc1cnn(C(C)(C)C)c1. The summed E-state index contributed by atoms with van der Waals surface area (Å²) in [6.07, 6.45) is 3.36. The van der Waals surface area contributed by atoms with Gasteiger partial charge >= 0.3 is 6.03 Å². The van der Waals surface area contributed by atoms with Crippen LogP contribution in [0, 0.1) is 0 Å². The number of hydrogen-bond acceptors (Lipinski definition) is 3. The lowest BCUT2D eigenvalue weighted by Gasteiger charge is -2.23. The second-order valence-electron chi connectivity index (χ2n) is 5.97. The van der Waals surface area contributed by atoms with Crippen LogP contribution in [-0.4, -0.2) is 33.1 Å². The molecule has 0 atom stereocenters. The standard InChI is InChI=1S/C12H22N4O2/c1-11(2,3)16-7-9(6-13-16)14-10(18)15-12(4,5)8-17/h6-7,17H,8H2,1-5H3,(H2,14,15,18). The minimum absolute atomic E-state index is 0.123. The molecule has 1 heterocycles. The fraction of sp³-hybridized carbons (Fsp3) is 0.667. The van der Waals surface area contributed by atoms with Crippen molar-refractivity contribution in [3.05, 3.63) is 12.4 Å². The van der Waals surface area contributed by atoms with Crippen molar-refractivity contribution in [2.45, 2.75) is 45.7 Å². The van der Waals surface area contributed by atoms with Crippen molar-refractivity contribution in [2.75, 3.05) is 11.9 Å². The number of nitrogens with zero attached hydrogens (tertiary/aromatic N) is 2. The molecule has 0 saturated heterocycles. The van der Waals surface area contributed by atoms with Gasteiger partial charge in [-0.05, 0) is 34.6 Å². The van der Waals surface area contributed by atoms with Gasteiger partial charge in [0.2, 0.25) is 0 Å². The first-order chi connectivity index (χ1) is 8.14. The maximum atomic E-state index is 11.7. The van der Waals surface area contributed by atoms with Crippen LogP contribution in [-0.2, 0) is 5.54 Å². The third-order valence-electron chi connectivity index (χ3n) is 2.37. The third-order valence-corrected chi connectivity index (χ3v) is 2.37. The van der Waals surface area contributed by atoms with Gasteiger partial charge in [-0.15, -0.1) is 0 Å². The van der Waals surface area contributed by atoms with Crippen LogP contribution in [0.15, 0.2) is 12.4 Å². The van der Waals surface area contributed by atoms with E-state index in [2.05, 4.69) is 15.7 Å². The van der Waals surface area contributed by atoms with Crippen molar-refractivity contribution < 1.29 is 9.90 Å². The molecule has 1 aromatic rings. The van der Waals surface area contributed by atoms with E-state index >= 15 is 0 Å². The highest BCUT2D eigenvalue weighted by molar-refractivity contribution is 5.89. The van der Waals surface area contributed by atoms with Crippen molar-refractivity contribution in [3.8, 4) is 0 Å². The lowest BCUT2D eigenvalue weighted by atomic mass is 10.1. The summed E-state index contributed by atoms with van der Waals surface area (Å²) in [7, 11) is 0. The number of nitrogens with one attached hydrogen (secondary N) is 2. The second kappa shape index (κ2) is 4.97. The molecule has 0 fully saturated rings. The van der Waals surface area contributed by atoms with E-state index in [1.807, 2.05) is 20.8 Å². The van der Waals surface area contributed by atoms with Gasteiger partial charge in [-0.1, -0.05) is 0 Å². The summed E-state index contributed by atoms with van der Waals surface area (Å²) in [6.45, 7) is 9.44. The maximum Gasteiger partial charge on any atom is 0.319 e. The zero-order valence-corrected chi connectivity index (χ0v) is 11.6. The summed E-state index contributed by atoms with van der Waals surface area (Å²) in [5.74, 6) is 0. The van der Waals surface area contributed by atoms with Crippen molar-refractivity contribution in [2.24, 2.45) is 0 Å². The molecule has 6 heteroatoms. The molecule has 1 aromatic heterocycles. The lowest BCUT2D eigenvalue weighted by molar-refractivity contribution is 0.187. The van der Waals surface area contributed by atoms with Crippen LogP contribution in [0.5, 0.6) is 0 Å². The van der Waals surface area contributed by atoms with E-state index in [0.29, 0.717) is 5.69 Å². The van der Waals surface area contributed by atoms with Crippen molar-refractivity contribution in [1.29, 1.82) is 0 Å². The number of hydrogen-bond donors (Lipinski definition) is 3. The van der Waals surface area contributed by atoms with Gasteiger partial charge < -0.3 is 15.7 Å². The number of aliphatic hydroxyl groups excluding tert-OH is 1. The molecule has 0 aromatic carbocycles. The van der Waals surface area contributed by atoms with Crippen LogP contribution in [0.3, 0.4) is 0 Å². The van der Waals surface area contributed by atoms with E-state index in [-0.39, 0.29) is 18.2 Å². The van der Waals surface area contributed by atoms with Gasteiger partial charge in [0.25, 0.3) is 0 Å².